The molecule has 0 radical (unpaired) electrons. The lowest BCUT2D eigenvalue weighted by Gasteiger charge is -2.08. The van der Waals surface area contributed by atoms with E-state index in [1.165, 1.54) is 5.56 Å². The highest BCUT2D eigenvalue weighted by molar-refractivity contribution is 9.10. The van der Waals surface area contributed by atoms with E-state index in [2.05, 4.69) is 50.3 Å². The normalized spacial score (nSPS) is 10.2. The van der Waals surface area contributed by atoms with E-state index in [1.54, 1.807) is 13.3 Å². The van der Waals surface area contributed by atoms with Crippen molar-refractivity contribution in [1.29, 1.82) is 0 Å². The van der Waals surface area contributed by atoms with Gasteiger partial charge in [0.2, 0.25) is 11.8 Å². The van der Waals surface area contributed by atoms with E-state index >= 15 is 0 Å². The van der Waals surface area contributed by atoms with Crippen LogP contribution >= 0.6 is 15.9 Å². The fourth-order valence-electron chi connectivity index (χ4n) is 1.55. The molecule has 2 aromatic rings. The fourth-order valence-corrected chi connectivity index (χ4v) is 1.91. The summed E-state index contributed by atoms with van der Waals surface area (Å²) in [5, 5.41) is 3.16. The number of aryl methyl sites for hydroxylation is 1. The Morgan fingerprint density at radius 3 is 2.94 bits per heavy atom. The number of anilines is 2. The Balaban J connectivity index is 2.22. The molecule has 0 fully saturated rings. The number of nitrogens with zero attached hydrogens (tertiary/aromatic N) is 2. The second kappa shape index (κ2) is 5.82. The summed E-state index contributed by atoms with van der Waals surface area (Å²) in [5.74, 6) is 1.03. The Kier molecular flexibility index (Phi) is 4.15. The van der Waals surface area contributed by atoms with Gasteiger partial charge in [-0.05, 0) is 40.0 Å². The first-order valence-corrected chi connectivity index (χ1v) is 6.44. The number of benzene rings is 1. The number of aromatic nitrogens is 2. The molecule has 0 aliphatic heterocycles. The largest absolute Gasteiger partial charge is 0.480 e. The molecule has 18 heavy (non-hydrogen) atoms. The van der Waals surface area contributed by atoms with Gasteiger partial charge >= 0.3 is 0 Å². The van der Waals surface area contributed by atoms with Crippen LogP contribution in [-0.4, -0.2) is 17.1 Å². The molecule has 5 heteroatoms. The van der Waals surface area contributed by atoms with Gasteiger partial charge in [0.25, 0.3) is 0 Å². The molecule has 1 aromatic heterocycles. The average molecular weight is 308 g/mol. The predicted octanol–water partition coefficient (Wildman–Crippen LogP) is 3.55. The Labute approximate surface area is 115 Å². The van der Waals surface area contributed by atoms with E-state index in [0.29, 0.717) is 11.8 Å². The Hall–Kier alpha value is -1.62. The lowest BCUT2D eigenvalue weighted by Crippen LogP contribution is -1.99. The van der Waals surface area contributed by atoms with E-state index in [9.17, 15) is 0 Å². The first-order chi connectivity index (χ1) is 8.72. The third-order valence-electron chi connectivity index (χ3n) is 2.50. The lowest BCUT2D eigenvalue weighted by molar-refractivity contribution is 0.394. The summed E-state index contributed by atoms with van der Waals surface area (Å²) in [5.41, 5.74) is 2.24. The van der Waals surface area contributed by atoms with Gasteiger partial charge in [-0.25, -0.2) is 4.98 Å². The zero-order valence-electron chi connectivity index (χ0n) is 10.3. The Bertz CT molecular complexity index is 546. The van der Waals surface area contributed by atoms with Gasteiger partial charge in [0.15, 0.2) is 0 Å². The minimum absolute atomic E-state index is 0.513. The highest BCUT2D eigenvalue weighted by Gasteiger charge is 2.05. The molecule has 0 spiro atoms. The van der Waals surface area contributed by atoms with Crippen LogP contribution in [0.3, 0.4) is 0 Å². The van der Waals surface area contributed by atoms with Crippen molar-refractivity contribution in [3.8, 4) is 5.88 Å². The lowest BCUT2D eigenvalue weighted by atomic mass is 10.1. The summed E-state index contributed by atoms with van der Waals surface area (Å²) in [4.78, 5) is 8.44. The molecule has 0 aliphatic carbocycles. The van der Waals surface area contributed by atoms with Crippen molar-refractivity contribution in [2.24, 2.45) is 0 Å². The van der Waals surface area contributed by atoms with E-state index in [1.807, 2.05) is 12.1 Å². The third-order valence-corrected chi connectivity index (χ3v) is 3.04. The van der Waals surface area contributed by atoms with Crippen molar-refractivity contribution < 1.29 is 4.74 Å². The second-order valence-corrected chi connectivity index (χ2v) is 4.58. The van der Waals surface area contributed by atoms with Crippen LogP contribution in [-0.2, 0) is 6.42 Å². The maximum atomic E-state index is 5.13. The van der Waals surface area contributed by atoms with Gasteiger partial charge < -0.3 is 10.1 Å². The van der Waals surface area contributed by atoms with Crippen molar-refractivity contribution in [1.82, 2.24) is 9.97 Å². The molecule has 0 unspecified atom stereocenters. The van der Waals surface area contributed by atoms with Crippen LogP contribution in [0.25, 0.3) is 0 Å². The van der Waals surface area contributed by atoms with Gasteiger partial charge in [0.1, 0.15) is 0 Å². The molecular formula is C13H14BrN3O. The monoisotopic (exact) mass is 307 g/mol. The maximum Gasteiger partial charge on any atom is 0.232 e. The molecule has 2 rings (SSSR count). The number of ether oxygens (including phenoxy) is 1. The van der Waals surface area contributed by atoms with Gasteiger partial charge in [-0.2, -0.15) is 4.98 Å². The Morgan fingerprint density at radius 1 is 1.39 bits per heavy atom. The maximum absolute atomic E-state index is 5.13. The molecule has 0 aliphatic rings. The summed E-state index contributed by atoms with van der Waals surface area (Å²) in [6.07, 6.45) is 2.66. The first kappa shape index (κ1) is 12.8. The molecule has 0 saturated carbocycles. The van der Waals surface area contributed by atoms with Crippen molar-refractivity contribution >= 4 is 27.6 Å². The summed E-state index contributed by atoms with van der Waals surface area (Å²) in [6.45, 7) is 2.12. The van der Waals surface area contributed by atoms with Gasteiger partial charge in [-0.15, -0.1) is 0 Å². The number of methoxy groups -OCH3 is 1. The minimum Gasteiger partial charge on any atom is -0.480 e. The predicted molar refractivity (Wildman–Crippen MR) is 75.4 cm³/mol. The SMILES string of the molecule is CCc1cccc(Nc2ncc(Br)c(OC)n2)c1. The molecule has 1 heterocycles. The van der Waals surface area contributed by atoms with Crippen LogP contribution in [0.15, 0.2) is 34.9 Å². The zero-order valence-corrected chi connectivity index (χ0v) is 11.9. The summed E-state index contributed by atoms with van der Waals surface area (Å²) in [7, 11) is 1.58. The average Bonchev–Trinajstić information content (AvgIpc) is 2.41. The van der Waals surface area contributed by atoms with E-state index in [-0.39, 0.29) is 0 Å². The van der Waals surface area contributed by atoms with Crippen molar-refractivity contribution in [3.63, 3.8) is 0 Å². The summed E-state index contributed by atoms with van der Waals surface area (Å²) >= 11 is 3.32. The smallest absolute Gasteiger partial charge is 0.232 e. The van der Waals surface area contributed by atoms with Crippen LogP contribution in [0.2, 0.25) is 0 Å². The standard InChI is InChI=1S/C13H14BrN3O/c1-3-9-5-4-6-10(7-9)16-13-15-8-11(14)12(17-13)18-2/h4-8H,3H2,1-2H3,(H,15,16,17). The molecule has 0 atom stereocenters. The molecule has 94 valence electrons. The van der Waals surface area contributed by atoms with Gasteiger partial charge in [0.05, 0.1) is 17.8 Å². The third kappa shape index (κ3) is 2.98. The molecule has 0 amide bonds. The fraction of sp³-hybridized carbons (Fsp3) is 0.231. The van der Waals surface area contributed by atoms with Crippen LogP contribution in [0.5, 0.6) is 5.88 Å². The number of hydrogen-bond donors (Lipinski definition) is 1. The summed E-state index contributed by atoms with van der Waals surface area (Å²) in [6, 6.07) is 8.17. The number of hydrogen-bond acceptors (Lipinski definition) is 4. The van der Waals surface area contributed by atoms with Gasteiger partial charge in [-0.1, -0.05) is 19.1 Å². The highest BCUT2D eigenvalue weighted by Crippen LogP contribution is 2.23. The molecular weight excluding hydrogens is 294 g/mol. The van der Waals surface area contributed by atoms with E-state index < -0.39 is 0 Å². The molecule has 0 saturated heterocycles. The first-order valence-electron chi connectivity index (χ1n) is 5.65. The molecule has 4 nitrogen and oxygen atoms in total. The van der Waals surface area contributed by atoms with Crippen molar-refractivity contribution in [2.45, 2.75) is 13.3 Å². The molecule has 0 bridgehead atoms. The van der Waals surface area contributed by atoms with Gasteiger partial charge in [0, 0.05) is 5.69 Å². The van der Waals surface area contributed by atoms with E-state index in [4.69, 9.17) is 4.74 Å². The highest BCUT2D eigenvalue weighted by atomic mass is 79.9. The molecule has 1 aromatic carbocycles. The second-order valence-electron chi connectivity index (χ2n) is 3.73. The Morgan fingerprint density at radius 2 is 2.22 bits per heavy atom. The quantitative estimate of drug-likeness (QED) is 0.938. The minimum atomic E-state index is 0.513. The zero-order chi connectivity index (χ0) is 13.0. The van der Waals surface area contributed by atoms with Crippen LogP contribution < -0.4 is 10.1 Å². The number of rotatable bonds is 4. The molecule has 1 N–H and O–H groups in total. The van der Waals surface area contributed by atoms with Crippen LogP contribution in [0.4, 0.5) is 11.6 Å². The van der Waals surface area contributed by atoms with Crippen LogP contribution in [0.1, 0.15) is 12.5 Å². The van der Waals surface area contributed by atoms with Crippen molar-refractivity contribution in [2.75, 3.05) is 12.4 Å². The topological polar surface area (TPSA) is 47.0 Å². The van der Waals surface area contributed by atoms with Gasteiger partial charge in [-0.3, -0.25) is 0 Å². The number of halogens is 1. The van der Waals surface area contributed by atoms with Crippen LogP contribution in [0, 0.1) is 0 Å². The summed E-state index contributed by atoms with van der Waals surface area (Å²) < 4.78 is 5.86. The number of nitrogens with one attached hydrogen (secondary N) is 1. The van der Waals surface area contributed by atoms with E-state index in [0.717, 1.165) is 16.6 Å². The van der Waals surface area contributed by atoms with Crippen molar-refractivity contribution in [3.05, 3.63) is 40.5 Å².